The van der Waals surface area contributed by atoms with Crippen molar-refractivity contribution >= 4 is 34.5 Å². The Hall–Kier alpha value is -1.59. The monoisotopic (exact) mass is 280 g/mol. The van der Waals surface area contributed by atoms with Crippen LogP contribution >= 0.6 is 23.8 Å². The van der Waals surface area contributed by atoms with E-state index in [0.29, 0.717) is 15.6 Å². The molecular formula is C12H13ClN4S. The van der Waals surface area contributed by atoms with Gasteiger partial charge in [-0.15, -0.1) is 0 Å². The van der Waals surface area contributed by atoms with Gasteiger partial charge in [0.2, 0.25) is 0 Å². The lowest BCUT2D eigenvalue weighted by Gasteiger charge is -2.09. The van der Waals surface area contributed by atoms with Crippen LogP contribution in [0.2, 0.25) is 5.02 Å². The van der Waals surface area contributed by atoms with Crippen LogP contribution < -0.4 is 11.1 Å². The predicted octanol–water partition coefficient (Wildman–Crippen LogP) is 2.28. The summed E-state index contributed by atoms with van der Waals surface area (Å²) in [4.78, 5) is 4.29. The normalized spacial score (nSPS) is 10.3. The molecule has 94 valence electrons. The van der Waals surface area contributed by atoms with E-state index in [9.17, 15) is 0 Å². The van der Waals surface area contributed by atoms with Gasteiger partial charge in [-0.3, -0.25) is 0 Å². The number of nitrogens with zero attached hydrogens (tertiary/aromatic N) is 2. The maximum atomic E-state index is 6.08. The number of aromatic nitrogens is 2. The van der Waals surface area contributed by atoms with Crippen molar-refractivity contribution in [2.75, 3.05) is 11.9 Å². The molecule has 0 saturated heterocycles. The third kappa shape index (κ3) is 3.21. The smallest absolute Gasteiger partial charge is 0.105 e. The van der Waals surface area contributed by atoms with Crippen molar-refractivity contribution in [2.45, 2.75) is 6.54 Å². The van der Waals surface area contributed by atoms with Crippen molar-refractivity contribution in [3.63, 3.8) is 0 Å². The molecule has 0 aliphatic heterocycles. The molecular weight excluding hydrogens is 268 g/mol. The number of anilines is 1. The first kappa shape index (κ1) is 12.9. The number of thiocarbonyl (C=S) groups is 1. The second-order valence-electron chi connectivity index (χ2n) is 3.79. The molecule has 0 spiro atoms. The van der Waals surface area contributed by atoms with Gasteiger partial charge in [-0.25, -0.2) is 4.98 Å². The Balaban J connectivity index is 1.94. The molecule has 1 heterocycles. The molecule has 0 radical (unpaired) electrons. The van der Waals surface area contributed by atoms with E-state index in [1.165, 1.54) is 0 Å². The Morgan fingerprint density at radius 1 is 1.50 bits per heavy atom. The lowest BCUT2D eigenvalue weighted by Crippen LogP contribution is -2.11. The summed E-state index contributed by atoms with van der Waals surface area (Å²) in [5, 5.41) is 3.84. The van der Waals surface area contributed by atoms with E-state index in [2.05, 4.69) is 10.3 Å². The predicted molar refractivity (Wildman–Crippen MR) is 78.1 cm³/mol. The van der Waals surface area contributed by atoms with Gasteiger partial charge < -0.3 is 15.6 Å². The topological polar surface area (TPSA) is 55.9 Å². The molecule has 0 amide bonds. The minimum Gasteiger partial charge on any atom is -0.389 e. The number of halogens is 1. The molecule has 0 fully saturated rings. The van der Waals surface area contributed by atoms with E-state index in [1.54, 1.807) is 12.5 Å². The van der Waals surface area contributed by atoms with E-state index in [1.807, 2.05) is 29.0 Å². The van der Waals surface area contributed by atoms with Gasteiger partial charge in [0.05, 0.1) is 11.3 Å². The average Bonchev–Trinajstić information content (AvgIpc) is 2.81. The number of imidazole rings is 1. The molecule has 1 aromatic heterocycles. The van der Waals surface area contributed by atoms with Crippen molar-refractivity contribution < 1.29 is 0 Å². The van der Waals surface area contributed by atoms with Crippen LogP contribution in [0.25, 0.3) is 0 Å². The molecule has 2 rings (SSSR count). The summed E-state index contributed by atoms with van der Waals surface area (Å²) in [6.07, 6.45) is 5.46. The fourth-order valence-corrected chi connectivity index (χ4v) is 2.09. The van der Waals surface area contributed by atoms with Crippen molar-refractivity contribution in [3.8, 4) is 0 Å². The van der Waals surface area contributed by atoms with Gasteiger partial charge in [-0.05, 0) is 18.2 Å². The Labute approximate surface area is 116 Å². The number of nitrogens with two attached hydrogens (primary N) is 1. The molecule has 18 heavy (non-hydrogen) atoms. The third-order valence-electron chi connectivity index (χ3n) is 2.49. The molecule has 0 atom stereocenters. The summed E-state index contributed by atoms with van der Waals surface area (Å²) >= 11 is 11.0. The number of nitrogens with one attached hydrogen (secondary N) is 1. The highest BCUT2D eigenvalue weighted by Gasteiger charge is 2.03. The van der Waals surface area contributed by atoms with Crippen molar-refractivity contribution in [1.29, 1.82) is 0 Å². The van der Waals surface area contributed by atoms with Crippen LogP contribution in [-0.4, -0.2) is 21.1 Å². The van der Waals surface area contributed by atoms with Crippen molar-refractivity contribution in [1.82, 2.24) is 9.55 Å². The van der Waals surface area contributed by atoms with Crippen LogP contribution in [0, 0.1) is 0 Å². The largest absolute Gasteiger partial charge is 0.389 e. The lowest BCUT2D eigenvalue weighted by molar-refractivity contribution is 0.727. The van der Waals surface area contributed by atoms with E-state index in [0.717, 1.165) is 18.8 Å². The Bertz CT molecular complexity index is 539. The molecule has 4 nitrogen and oxygen atoms in total. The maximum absolute atomic E-state index is 6.08. The van der Waals surface area contributed by atoms with Crippen LogP contribution in [-0.2, 0) is 6.54 Å². The van der Waals surface area contributed by atoms with Crippen LogP contribution in [0.4, 0.5) is 5.69 Å². The summed E-state index contributed by atoms with van der Waals surface area (Å²) in [6, 6.07) is 5.56. The summed E-state index contributed by atoms with van der Waals surface area (Å²) in [5.74, 6) is 0. The first-order valence-corrected chi connectivity index (χ1v) is 6.24. The summed E-state index contributed by atoms with van der Waals surface area (Å²) in [5.41, 5.74) is 7.19. The minimum absolute atomic E-state index is 0.310. The van der Waals surface area contributed by atoms with Crippen LogP contribution in [0.1, 0.15) is 5.56 Å². The van der Waals surface area contributed by atoms with Gasteiger partial charge in [-0.2, -0.15) is 0 Å². The van der Waals surface area contributed by atoms with Crippen LogP contribution in [0.3, 0.4) is 0 Å². The van der Waals surface area contributed by atoms with Gasteiger partial charge in [0, 0.05) is 36.7 Å². The van der Waals surface area contributed by atoms with Crippen LogP contribution in [0.15, 0.2) is 36.9 Å². The second-order valence-corrected chi connectivity index (χ2v) is 4.63. The number of hydrogen-bond acceptors (Lipinski definition) is 3. The highest BCUT2D eigenvalue weighted by Crippen LogP contribution is 2.20. The number of rotatable bonds is 5. The molecule has 3 N–H and O–H groups in total. The zero-order valence-electron chi connectivity index (χ0n) is 9.64. The van der Waals surface area contributed by atoms with E-state index in [-0.39, 0.29) is 0 Å². The fraction of sp³-hybridized carbons (Fsp3) is 0.167. The highest BCUT2D eigenvalue weighted by molar-refractivity contribution is 7.80. The van der Waals surface area contributed by atoms with Crippen molar-refractivity contribution in [2.24, 2.45) is 5.73 Å². The van der Waals surface area contributed by atoms with Gasteiger partial charge in [0.15, 0.2) is 0 Å². The average molecular weight is 281 g/mol. The molecule has 0 unspecified atom stereocenters. The van der Waals surface area contributed by atoms with E-state index >= 15 is 0 Å². The Morgan fingerprint density at radius 2 is 2.33 bits per heavy atom. The van der Waals surface area contributed by atoms with Crippen molar-refractivity contribution in [3.05, 3.63) is 47.5 Å². The maximum Gasteiger partial charge on any atom is 0.105 e. The van der Waals surface area contributed by atoms with Gasteiger partial charge in [0.25, 0.3) is 0 Å². The minimum atomic E-state index is 0.310. The fourth-order valence-electron chi connectivity index (χ4n) is 1.57. The zero-order chi connectivity index (χ0) is 13.0. The number of hydrogen-bond donors (Lipinski definition) is 2. The van der Waals surface area contributed by atoms with Gasteiger partial charge in [-0.1, -0.05) is 23.8 Å². The molecule has 0 saturated carbocycles. The second kappa shape index (κ2) is 5.84. The molecule has 1 aromatic carbocycles. The van der Waals surface area contributed by atoms with Gasteiger partial charge in [0.1, 0.15) is 4.99 Å². The first-order valence-electron chi connectivity index (χ1n) is 5.46. The number of benzene rings is 1. The Morgan fingerprint density at radius 3 is 2.94 bits per heavy atom. The molecule has 0 aliphatic rings. The van der Waals surface area contributed by atoms with E-state index < -0.39 is 0 Å². The summed E-state index contributed by atoms with van der Waals surface area (Å²) in [6.45, 7) is 1.63. The molecule has 2 aromatic rings. The van der Waals surface area contributed by atoms with Gasteiger partial charge >= 0.3 is 0 Å². The third-order valence-corrected chi connectivity index (χ3v) is 3.03. The highest BCUT2D eigenvalue weighted by atomic mass is 35.5. The molecule has 6 heteroatoms. The SMILES string of the molecule is NC(=S)c1ccc(NCCn2ccnc2)cc1Cl. The molecule has 0 aliphatic carbocycles. The summed E-state index contributed by atoms with van der Waals surface area (Å²) in [7, 11) is 0. The molecule has 0 bridgehead atoms. The first-order chi connectivity index (χ1) is 8.66. The van der Waals surface area contributed by atoms with Crippen LogP contribution in [0.5, 0.6) is 0 Å². The quantitative estimate of drug-likeness (QED) is 0.825. The van der Waals surface area contributed by atoms with E-state index in [4.69, 9.17) is 29.6 Å². The standard InChI is InChI=1S/C12H13ClN4S/c13-11-7-9(1-2-10(11)12(14)18)16-4-6-17-5-3-15-8-17/h1-3,5,7-8,16H,4,6H2,(H2,14,18). The summed E-state index contributed by atoms with van der Waals surface area (Å²) < 4.78 is 2.00. The lowest BCUT2D eigenvalue weighted by atomic mass is 10.2. The zero-order valence-corrected chi connectivity index (χ0v) is 11.2. The Kier molecular flexibility index (Phi) is 4.17.